The maximum Gasteiger partial charge on any atom is 0.328 e. The first-order chi connectivity index (χ1) is 18.5. The third kappa shape index (κ3) is 4.32. The highest BCUT2D eigenvalue weighted by Gasteiger charge is 2.47. The van der Waals surface area contributed by atoms with Gasteiger partial charge in [0.25, 0.3) is 0 Å². The van der Waals surface area contributed by atoms with Crippen molar-refractivity contribution in [2.45, 2.75) is 28.8 Å². The highest BCUT2D eigenvalue weighted by atomic mass is 32.2. The molecule has 3 aromatic rings. The van der Waals surface area contributed by atoms with E-state index in [2.05, 4.69) is 32.4 Å². The molecule has 2 aromatic heterocycles. The van der Waals surface area contributed by atoms with Crippen molar-refractivity contribution in [1.82, 2.24) is 30.7 Å². The summed E-state index contributed by atoms with van der Waals surface area (Å²) in [6.07, 6.45) is 3.55. The van der Waals surface area contributed by atoms with Crippen molar-refractivity contribution < 1.29 is 19.1 Å². The predicted octanol–water partition coefficient (Wildman–Crippen LogP) is 2.94. The Hall–Kier alpha value is -4.45. The van der Waals surface area contributed by atoms with Gasteiger partial charge in [0.1, 0.15) is 16.0 Å². The minimum Gasteiger partial charge on any atom is -0.438 e. The topological polar surface area (TPSA) is 130 Å². The molecular formula is C26H23N7O4S. The molecule has 3 aliphatic rings. The molecule has 38 heavy (non-hydrogen) atoms. The smallest absolute Gasteiger partial charge is 0.328 e. The van der Waals surface area contributed by atoms with Crippen molar-refractivity contribution in [2.24, 2.45) is 0 Å². The largest absolute Gasteiger partial charge is 0.438 e. The Balaban J connectivity index is 1.20. The number of urea groups is 1. The number of nitrogens with one attached hydrogen (secondary N) is 2. The van der Waals surface area contributed by atoms with Crippen LogP contribution >= 0.6 is 11.8 Å². The highest BCUT2D eigenvalue weighted by molar-refractivity contribution is 8.01. The number of hydrogen-bond acceptors (Lipinski definition) is 8. The zero-order valence-corrected chi connectivity index (χ0v) is 20.9. The van der Waals surface area contributed by atoms with E-state index in [0.29, 0.717) is 47.7 Å². The van der Waals surface area contributed by atoms with Gasteiger partial charge < -0.3 is 20.3 Å². The number of thioether (sulfide) groups is 1. The molecule has 0 spiro atoms. The van der Waals surface area contributed by atoms with E-state index in [1.807, 2.05) is 30.3 Å². The molecule has 3 atom stereocenters. The Morgan fingerprint density at radius 3 is 2.76 bits per heavy atom. The van der Waals surface area contributed by atoms with E-state index in [4.69, 9.17) is 4.74 Å². The molecule has 3 aliphatic heterocycles. The summed E-state index contributed by atoms with van der Waals surface area (Å²) in [4.78, 5) is 46.0. The molecular weight excluding hydrogens is 506 g/mol. The average Bonchev–Trinajstić information content (AvgIpc) is 3.55. The minimum atomic E-state index is -0.596. The molecule has 2 N–H and O–H groups in total. The first-order valence-electron chi connectivity index (χ1n) is 12.1. The first kappa shape index (κ1) is 23.9. The molecule has 0 bridgehead atoms. The number of anilines is 2. The summed E-state index contributed by atoms with van der Waals surface area (Å²) >= 11 is 1.31. The number of likely N-dealkylation sites (tertiary alicyclic amines) is 1. The number of nitrogens with zero attached hydrogens (tertiary/aromatic N) is 5. The van der Waals surface area contributed by atoms with Gasteiger partial charge in [0.15, 0.2) is 5.82 Å². The van der Waals surface area contributed by atoms with Crippen LogP contribution in [-0.4, -0.2) is 62.3 Å². The molecule has 1 fully saturated rings. The molecule has 4 amide bonds. The number of rotatable bonds is 6. The lowest BCUT2D eigenvalue weighted by Gasteiger charge is -2.33. The lowest BCUT2D eigenvalue weighted by molar-refractivity contribution is -0.126. The van der Waals surface area contributed by atoms with Gasteiger partial charge in [0.05, 0.1) is 11.7 Å². The average molecular weight is 530 g/mol. The number of para-hydroxylation sites is 1. The van der Waals surface area contributed by atoms with Crippen molar-refractivity contribution in [3.63, 3.8) is 0 Å². The zero-order valence-electron chi connectivity index (χ0n) is 20.1. The third-order valence-corrected chi connectivity index (χ3v) is 7.89. The Labute approximate surface area is 222 Å². The van der Waals surface area contributed by atoms with E-state index in [-0.39, 0.29) is 17.9 Å². The van der Waals surface area contributed by atoms with Crippen LogP contribution in [0.25, 0.3) is 0 Å². The Morgan fingerprint density at radius 2 is 2.00 bits per heavy atom. The van der Waals surface area contributed by atoms with E-state index in [9.17, 15) is 14.4 Å². The van der Waals surface area contributed by atoms with Crippen LogP contribution < -0.4 is 20.3 Å². The van der Waals surface area contributed by atoms with Gasteiger partial charge in [-0.2, -0.15) is 0 Å². The first-order valence-corrected chi connectivity index (χ1v) is 12.9. The van der Waals surface area contributed by atoms with Crippen LogP contribution in [0.2, 0.25) is 0 Å². The summed E-state index contributed by atoms with van der Waals surface area (Å²) in [5, 5.41) is 14.4. The van der Waals surface area contributed by atoms with Crippen molar-refractivity contribution >= 4 is 41.1 Å². The van der Waals surface area contributed by atoms with Crippen molar-refractivity contribution in [3.05, 3.63) is 72.9 Å². The monoisotopic (exact) mass is 529 g/mol. The summed E-state index contributed by atoms with van der Waals surface area (Å²) in [6.45, 7) is 4.51. The molecule has 12 heteroatoms. The standard InChI is InChI=1S/C26H23N7O4S/c1-2-20(34)32-13-11-15(14-32)28-24(35)23-22-21-17(10-12-27-25(21)38-23)33(26(36)29-22)18-8-9-19(31-30-18)37-16-6-4-3-5-7-16/h2-10,12,15,22-23H,1,11,13-14H2,(H,28,35)(H,29,36)/t15?,22?,23-/m1/s1. The fraction of sp³-hybridized carbons (Fsp3) is 0.231. The minimum absolute atomic E-state index is 0.152. The van der Waals surface area contributed by atoms with Gasteiger partial charge >= 0.3 is 6.03 Å². The number of hydrogen-bond donors (Lipinski definition) is 2. The van der Waals surface area contributed by atoms with E-state index < -0.39 is 17.3 Å². The molecule has 0 saturated carbocycles. The predicted molar refractivity (Wildman–Crippen MR) is 139 cm³/mol. The zero-order chi connectivity index (χ0) is 26.2. The van der Waals surface area contributed by atoms with Crippen LogP contribution in [0, 0.1) is 0 Å². The third-order valence-electron chi connectivity index (χ3n) is 6.61. The number of ether oxygens (including phenoxy) is 1. The molecule has 11 nitrogen and oxygen atoms in total. The molecule has 192 valence electrons. The van der Waals surface area contributed by atoms with Crippen molar-refractivity contribution in [2.75, 3.05) is 18.0 Å². The van der Waals surface area contributed by atoms with Gasteiger partial charge in [-0.05, 0) is 36.8 Å². The number of carbonyl (C=O) groups is 3. The quantitative estimate of drug-likeness (QED) is 0.467. The summed E-state index contributed by atoms with van der Waals surface area (Å²) in [7, 11) is 0. The van der Waals surface area contributed by atoms with Crippen molar-refractivity contribution in [1.29, 1.82) is 0 Å². The Bertz CT molecular complexity index is 1420. The van der Waals surface area contributed by atoms with Crippen LogP contribution in [0.15, 0.2) is 72.4 Å². The summed E-state index contributed by atoms with van der Waals surface area (Å²) in [6, 6.07) is 13.1. The van der Waals surface area contributed by atoms with Gasteiger partial charge in [-0.25, -0.2) is 14.7 Å². The van der Waals surface area contributed by atoms with Crippen LogP contribution in [0.3, 0.4) is 0 Å². The van der Waals surface area contributed by atoms with Gasteiger partial charge in [0.2, 0.25) is 17.7 Å². The molecule has 5 heterocycles. The van der Waals surface area contributed by atoms with Gasteiger partial charge in [-0.1, -0.05) is 36.5 Å². The van der Waals surface area contributed by atoms with E-state index >= 15 is 0 Å². The molecule has 0 radical (unpaired) electrons. The lowest BCUT2D eigenvalue weighted by atomic mass is 10.00. The maximum absolute atomic E-state index is 13.3. The molecule has 1 aromatic carbocycles. The van der Waals surface area contributed by atoms with Gasteiger partial charge in [-0.15, -0.1) is 10.2 Å². The maximum atomic E-state index is 13.3. The van der Waals surface area contributed by atoms with Crippen LogP contribution in [-0.2, 0) is 9.59 Å². The fourth-order valence-corrected chi connectivity index (χ4v) is 6.08. The Kier molecular flexibility index (Phi) is 6.16. The summed E-state index contributed by atoms with van der Waals surface area (Å²) < 4.78 is 5.71. The Morgan fingerprint density at radius 1 is 1.16 bits per heavy atom. The second kappa shape index (κ2) is 9.78. The fourth-order valence-electron chi connectivity index (χ4n) is 4.84. The molecule has 1 saturated heterocycles. The SMILES string of the molecule is C=CC(=O)N1CCC(NC(=O)[C@@H]2Sc3nccc4c3C2NC(=O)N4c2ccc(Oc3ccccc3)nn2)C1. The van der Waals surface area contributed by atoms with Gasteiger partial charge in [0, 0.05) is 37.0 Å². The van der Waals surface area contributed by atoms with Crippen LogP contribution in [0.1, 0.15) is 18.0 Å². The number of carbonyl (C=O) groups excluding carboxylic acids is 3. The van der Waals surface area contributed by atoms with E-state index in [1.165, 1.54) is 22.7 Å². The molecule has 6 rings (SSSR count). The number of aromatic nitrogens is 3. The molecule has 0 aliphatic carbocycles. The number of pyridine rings is 1. The van der Waals surface area contributed by atoms with E-state index in [1.54, 1.807) is 29.3 Å². The second-order valence-corrected chi connectivity index (χ2v) is 10.1. The summed E-state index contributed by atoms with van der Waals surface area (Å²) in [5.74, 6) is 0.866. The second-order valence-electron chi connectivity index (χ2n) is 8.98. The number of amides is 4. The number of benzene rings is 1. The normalized spacial score (nSPS) is 21.5. The van der Waals surface area contributed by atoms with Gasteiger partial charge in [-0.3, -0.25) is 9.59 Å². The molecule has 2 unspecified atom stereocenters. The van der Waals surface area contributed by atoms with E-state index in [0.717, 1.165) is 5.56 Å². The van der Waals surface area contributed by atoms with Crippen molar-refractivity contribution in [3.8, 4) is 11.6 Å². The van der Waals surface area contributed by atoms with Crippen LogP contribution in [0.5, 0.6) is 11.6 Å². The van der Waals surface area contributed by atoms with Crippen LogP contribution in [0.4, 0.5) is 16.3 Å². The highest BCUT2D eigenvalue weighted by Crippen LogP contribution is 2.50. The summed E-state index contributed by atoms with van der Waals surface area (Å²) in [5.41, 5.74) is 1.36. The lowest BCUT2D eigenvalue weighted by Crippen LogP contribution is -2.50.